The van der Waals surface area contributed by atoms with Crippen LogP contribution in [0.4, 0.5) is 11.9 Å². The monoisotopic (exact) mass is 941 g/mol. The Hall–Kier alpha value is -6.00. The largest absolute Gasteiger partial charge is 0.507 e. The highest BCUT2D eigenvalue weighted by Gasteiger charge is 2.62. The molecule has 2 aromatic carbocycles. The van der Waals surface area contributed by atoms with Gasteiger partial charge in [0.1, 0.15) is 22.9 Å². The quantitative estimate of drug-likeness (QED) is 0.0803. The number of nitrogens with zero attached hydrogens (tertiary/aromatic N) is 11. The van der Waals surface area contributed by atoms with Crippen LogP contribution in [0.2, 0.25) is 0 Å². The Morgan fingerprint density at radius 2 is 1.33 bits per heavy atom. The van der Waals surface area contributed by atoms with Crippen LogP contribution < -0.4 is 20.4 Å². The molecule has 16 rings (SSSR count). The van der Waals surface area contributed by atoms with E-state index in [1.54, 1.807) is 30.9 Å². The van der Waals surface area contributed by atoms with Gasteiger partial charge in [0, 0.05) is 91.0 Å². The molecule has 8 aliphatic carbocycles. The molecular weight excluding hydrogens is 877 g/mol. The first-order valence-corrected chi connectivity index (χ1v) is 26.2. The van der Waals surface area contributed by atoms with Gasteiger partial charge in [-0.25, -0.2) is 9.97 Å². The zero-order valence-electron chi connectivity index (χ0n) is 40.1. The Labute approximate surface area is 408 Å². The van der Waals surface area contributed by atoms with Gasteiger partial charge >= 0.3 is 0 Å². The van der Waals surface area contributed by atoms with Crippen molar-refractivity contribution in [2.24, 2.45) is 40.4 Å². The maximum atomic E-state index is 11.4. The summed E-state index contributed by atoms with van der Waals surface area (Å²) in [5.41, 5.74) is 6.57. The molecule has 5 N–H and O–H groups in total. The molecule has 0 spiro atoms. The Morgan fingerprint density at radius 3 is 1.94 bits per heavy atom. The fourth-order valence-corrected chi connectivity index (χ4v) is 16.8. The molecule has 70 heavy (non-hydrogen) atoms. The molecule has 10 aliphatic rings. The van der Waals surface area contributed by atoms with Crippen molar-refractivity contribution in [3.05, 3.63) is 73.6 Å². The molecule has 6 aromatic rings. The number of hydrogen-bond donors (Lipinski definition) is 5. The number of phenols is 2. The summed E-state index contributed by atoms with van der Waals surface area (Å²) in [6, 6.07) is 12.8. The average molecular weight is 941 g/mol. The van der Waals surface area contributed by atoms with Crippen molar-refractivity contribution in [2.75, 3.05) is 36.0 Å². The number of H-pyrrole nitrogens is 1. The lowest BCUT2D eigenvalue weighted by Crippen LogP contribution is -2.67. The van der Waals surface area contributed by atoms with E-state index < -0.39 is 0 Å². The first-order chi connectivity index (χ1) is 34.1. The SMILES string of the molecule is CC12CC3CC(Cn4cc(-c5ccc(-c6cnc(N7CCC(NC8C9CC%10CC(C9)CC8C%10)C7)nn6)c(O)c5)cn4)(C1)CC(NC1CCN(c4ncc(-c5ccc(-c6cn[nH]c6)cc5O)nn4)C1)(C3)C2. The Bertz CT molecular complexity index is 2880. The summed E-state index contributed by atoms with van der Waals surface area (Å²) in [5.74, 6) is 6.01. The van der Waals surface area contributed by atoms with Gasteiger partial charge in [-0.2, -0.15) is 10.2 Å². The molecular formula is C54H64N14O2. The van der Waals surface area contributed by atoms with Crippen LogP contribution >= 0.6 is 0 Å². The fraction of sp³-hybridized carbons (Fsp3) is 0.556. The van der Waals surface area contributed by atoms with Crippen molar-refractivity contribution >= 4 is 11.9 Å². The lowest BCUT2D eigenvalue weighted by Gasteiger charge is -2.66. The minimum absolute atomic E-state index is 0.0909. The Morgan fingerprint density at radius 1 is 0.671 bits per heavy atom. The van der Waals surface area contributed by atoms with Crippen molar-refractivity contribution in [3.8, 4) is 56.3 Å². The van der Waals surface area contributed by atoms with Gasteiger partial charge in [0.05, 0.1) is 24.8 Å². The molecule has 362 valence electrons. The lowest BCUT2D eigenvalue weighted by molar-refractivity contribution is -0.135. The molecule has 16 heteroatoms. The summed E-state index contributed by atoms with van der Waals surface area (Å²) >= 11 is 0. The van der Waals surface area contributed by atoms with E-state index in [1.165, 1.54) is 64.2 Å². The van der Waals surface area contributed by atoms with Crippen LogP contribution in [-0.4, -0.2) is 110 Å². The molecule has 6 heterocycles. The van der Waals surface area contributed by atoms with Crippen LogP contribution in [0.25, 0.3) is 44.8 Å². The number of benzene rings is 2. The second-order valence-electron chi connectivity index (χ2n) is 23.9. The van der Waals surface area contributed by atoms with E-state index in [-0.39, 0.29) is 22.5 Å². The third-order valence-corrected chi connectivity index (χ3v) is 18.5. The summed E-state index contributed by atoms with van der Waals surface area (Å²) in [6.45, 7) is 6.98. The molecule has 2 saturated heterocycles. The van der Waals surface area contributed by atoms with Crippen LogP contribution in [0, 0.1) is 40.4 Å². The number of phenolic OH excluding ortho intramolecular Hbond substituents is 2. The minimum Gasteiger partial charge on any atom is -0.507 e. The van der Waals surface area contributed by atoms with Crippen LogP contribution in [-0.2, 0) is 6.54 Å². The topological polar surface area (TPSA) is 195 Å². The predicted molar refractivity (Wildman–Crippen MR) is 265 cm³/mol. The van der Waals surface area contributed by atoms with Gasteiger partial charge in [-0.1, -0.05) is 19.1 Å². The van der Waals surface area contributed by atoms with E-state index in [9.17, 15) is 10.2 Å². The molecule has 10 fully saturated rings. The van der Waals surface area contributed by atoms with E-state index in [0.717, 1.165) is 97.9 Å². The summed E-state index contributed by atoms with van der Waals surface area (Å²) < 4.78 is 2.17. The number of anilines is 2. The standard InChI is InChI=1S/C54H64N14O2/c1-52-17-34-18-53(28-52,30-54(19-34,29-52)61-42-7-9-67(27-42)51-56-24-45(63-65-51)43-4-2-35(15-47(43)69)39-20-57-58-21-39)31-68-25-40(22-59-68)36-3-5-44(48(70)16-36)46-23-55-50(64-62-46)66-8-6-41(26-66)60-49-37-11-32-10-33(13-37)14-38(49)12-32/h2-5,15-16,20-25,32-34,37-38,41-42,49,60-61,69-70H,6-14,17-19,26-31H2,1H3,(H,57,58). The van der Waals surface area contributed by atoms with Gasteiger partial charge in [-0.15, -0.1) is 20.4 Å². The highest BCUT2D eigenvalue weighted by atomic mass is 16.3. The van der Waals surface area contributed by atoms with Gasteiger partial charge in [0.15, 0.2) is 0 Å². The maximum absolute atomic E-state index is 11.4. The minimum atomic E-state index is 0.0909. The number of rotatable bonds is 12. The molecule has 0 amide bonds. The van der Waals surface area contributed by atoms with Crippen molar-refractivity contribution < 1.29 is 10.2 Å². The third kappa shape index (κ3) is 7.71. The number of nitrogens with one attached hydrogen (secondary N) is 3. The van der Waals surface area contributed by atoms with Crippen molar-refractivity contribution in [1.29, 1.82) is 0 Å². The molecule has 8 bridgehead atoms. The van der Waals surface area contributed by atoms with Gasteiger partial charge in [0.25, 0.3) is 0 Å². The number of aromatic nitrogens is 10. The second kappa shape index (κ2) is 16.3. The van der Waals surface area contributed by atoms with Crippen LogP contribution in [0.3, 0.4) is 0 Å². The Balaban J connectivity index is 0.606. The van der Waals surface area contributed by atoms with Crippen molar-refractivity contribution in [2.45, 2.75) is 121 Å². The highest BCUT2D eigenvalue weighted by molar-refractivity contribution is 5.74. The summed E-state index contributed by atoms with van der Waals surface area (Å²) in [6.07, 6.45) is 27.8. The van der Waals surface area contributed by atoms with Gasteiger partial charge < -0.3 is 30.6 Å². The molecule has 16 nitrogen and oxygen atoms in total. The first-order valence-electron chi connectivity index (χ1n) is 26.2. The van der Waals surface area contributed by atoms with Crippen LogP contribution in [0.5, 0.6) is 11.5 Å². The van der Waals surface area contributed by atoms with E-state index in [0.29, 0.717) is 63.9 Å². The van der Waals surface area contributed by atoms with Gasteiger partial charge in [0.2, 0.25) is 11.9 Å². The first kappa shape index (κ1) is 42.8. The van der Waals surface area contributed by atoms with Gasteiger partial charge in [-0.3, -0.25) is 9.78 Å². The van der Waals surface area contributed by atoms with E-state index in [2.05, 4.69) is 68.8 Å². The van der Waals surface area contributed by atoms with Crippen LogP contribution in [0.15, 0.2) is 73.6 Å². The summed E-state index contributed by atoms with van der Waals surface area (Å²) in [7, 11) is 0. The van der Waals surface area contributed by atoms with E-state index in [4.69, 9.17) is 15.1 Å². The number of hydrogen-bond acceptors (Lipinski definition) is 14. The van der Waals surface area contributed by atoms with E-state index in [1.807, 2.05) is 36.5 Å². The molecule has 8 saturated carbocycles. The van der Waals surface area contributed by atoms with Crippen molar-refractivity contribution in [1.82, 2.24) is 61.0 Å². The lowest BCUT2D eigenvalue weighted by atomic mass is 9.42. The zero-order valence-corrected chi connectivity index (χ0v) is 40.1. The zero-order chi connectivity index (χ0) is 46.8. The molecule has 2 aliphatic heterocycles. The molecule has 0 radical (unpaired) electrons. The fourth-order valence-electron chi connectivity index (χ4n) is 16.8. The normalized spacial score (nSPS) is 33.8. The van der Waals surface area contributed by atoms with Crippen LogP contribution in [0.1, 0.15) is 90.4 Å². The highest BCUT2D eigenvalue weighted by Crippen LogP contribution is 2.67. The second-order valence-corrected chi connectivity index (χ2v) is 23.9. The third-order valence-electron chi connectivity index (χ3n) is 18.5. The number of aromatic hydroxyl groups is 2. The molecule has 4 aromatic heterocycles. The Kier molecular flexibility index (Phi) is 9.96. The summed E-state index contributed by atoms with van der Waals surface area (Å²) in [5, 5.41) is 60.6. The maximum Gasteiger partial charge on any atom is 0.245 e. The molecule has 6 unspecified atom stereocenters. The smallest absolute Gasteiger partial charge is 0.245 e. The van der Waals surface area contributed by atoms with E-state index >= 15 is 0 Å². The van der Waals surface area contributed by atoms with Crippen molar-refractivity contribution in [3.63, 3.8) is 0 Å². The number of aromatic amines is 1. The molecule has 6 atom stereocenters. The summed E-state index contributed by atoms with van der Waals surface area (Å²) in [4.78, 5) is 14.0. The average Bonchev–Trinajstić information content (AvgIpc) is 4.19. The van der Waals surface area contributed by atoms with Gasteiger partial charge in [-0.05, 0) is 159 Å². The predicted octanol–water partition coefficient (Wildman–Crippen LogP) is 7.65.